The lowest BCUT2D eigenvalue weighted by Gasteiger charge is -2.43. The maximum absolute atomic E-state index is 12.8. The molecule has 0 bridgehead atoms. The van der Waals surface area contributed by atoms with Crippen molar-refractivity contribution in [1.82, 2.24) is 10.2 Å². The van der Waals surface area contributed by atoms with Gasteiger partial charge in [0.15, 0.2) is 0 Å². The largest absolute Gasteiger partial charge is 0.350 e. The van der Waals surface area contributed by atoms with Crippen LogP contribution in [0.5, 0.6) is 0 Å². The van der Waals surface area contributed by atoms with Gasteiger partial charge in [-0.3, -0.25) is 9.69 Å². The van der Waals surface area contributed by atoms with Crippen molar-refractivity contribution >= 4 is 17.2 Å². The molecule has 2 rings (SSSR count). The van der Waals surface area contributed by atoms with Gasteiger partial charge in [-0.05, 0) is 69.6 Å². The van der Waals surface area contributed by atoms with E-state index < -0.39 is 0 Å². The van der Waals surface area contributed by atoms with Crippen LogP contribution >= 0.6 is 11.3 Å². The van der Waals surface area contributed by atoms with Gasteiger partial charge in [0.05, 0.1) is 12.1 Å². The first-order valence-electron chi connectivity index (χ1n) is 8.14. The summed E-state index contributed by atoms with van der Waals surface area (Å²) in [4.78, 5) is 16.4. The SMILES string of the molecule is CCCCN1CCCCC1(C)C(=O)NCc1sccc1C. The van der Waals surface area contributed by atoms with Crippen LogP contribution in [0.25, 0.3) is 0 Å². The quantitative estimate of drug-likeness (QED) is 0.868. The van der Waals surface area contributed by atoms with Gasteiger partial charge in [-0.15, -0.1) is 11.3 Å². The standard InChI is InChI=1S/C17H28N2OS/c1-4-5-10-19-11-7-6-9-17(19,3)16(20)18-13-15-14(2)8-12-21-15/h8,12H,4-7,9-11,13H2,1-3H3,(H,18,20). The summed E-state index contributed by atoms with van der Waals surface area (Å²) in [5.41, 5.74) is 0.954. The fourth-order valence-electron chi connectivity index (χ4n) is 3.08. The minimum absolute atomic E-state index is 0.200. The second kappa shape index (κ2) is 7.41. The van der Waals surface area contributed by atoms with E-state index in [2.05, 4.69) is 42.4 Å². The summed E-state index contributed by atoms with van der Waals surface area (Å²) >= 11 is 1.72. The average Bonchev–Trinajstić information content (AvgIpc) is 2.89. The van der Waals surface area contributed by atoms with Crippen molar-refractivity contribution in [3.05, 3.63) is 21.9 Å². The third-order valence-electron chi connectivity index (χ3n) is 4.69. The van der Waals surface area contributed by atoms with Crippen molar-refractivity contribution in [2.24, 2.45) is 0 Å². The smallest absolute Gasteiger partial charge is 0.240 e. The molecule has 1 aliphatic rings. The fourth-order valence-corrected chi connectivity index (χ4v) is 3.92. The van der Waals surface area contributed by atoms with Crippen LogP contribution in [-0.4, -0.2) is 29.4 Å². The maximum atomic E-state index is 12.8. The van der Waals surface area contributed by atoms with Crippen LogP contribution in [-0.2, 0) is 11.3 Å². The Balaban J connectivity index is 1.98. The third-order valence-corrected chi connectivity index (χ3v) is 5.71. The summed E-state index contributed by atoms with van der Waals surface area (Å²) in [6.45, 7) is 9.20. The molecule has 3 nitrogen and oxygen atoms in total. The normalized spacial score (nSPS) is 23.2. The average molecular weight is 308 g/mol. The number of amides is 1. The summed E-state index contributed by atoms with van der Waals surface area (Å²) in [7, 11) is 0. The molecule has 0 radical (unpaired) electrons. The van der Waals surface area contributed by atoms with E-state index in [1.165, 1.54) is 29.7 Å². The first-order valence-corrected chi connectivity index (χ1v) is 9.02. The lowest BCUT2D eigenvalue weighted by molar-refractivity contribution is -0.135. The van der Waals surface area contributed by atoms with E-state index in [0.717, 1.165) is 25.9 Å². The Morgan fingerprint density at radius 2 is 2.29 bits per heavy atom. The third kappa shape index (κ3) is 3.86. The number of nitrogens with one attached hydrogen (secondary N) is 1. The van der Waals surface area contributed by atoms with E-state index in [0.29, 0.717) is 6.54 Å². The zero-order valence-corrected chi connectivity index (χ0v) is 14.4. The number of hydrogen-bond acceptors (Lipinski definition) is 3. The van der Waals surface area contributed by atoms with Crippen molar-refractivity contribution in [2.45, 2.75) is 65.0 Å². The first kappa shape index (κ1) is 16.5. The molecule has 0 saturated carbocycles. The van der Waals surface area contributed by atoms with Gasteiger partial charge >= 0.3 is 0 Å². The number of carbonyl (C=O) groups is 1. The molecule has 1 amide bonds. The van der Waals surface area contributed by atoms with E-state index in [1.807, 2.05) is 0 Å². The number of likely N-dealkylation sites (tertiary alicyclic amines) is 1. The molecule has 118 valence electrons. The first-order chi connectivity index (χ1) is 10.1. The zero-order chi connectivity index (χ0) is 15.3. The van der Waals surface area contributed by atoms with Gasteiger partial charge in [0.25, 0.3) is 0 Å². The molecule has 0 aliphatic carbocycles. The second-order valence-electron chi connectivity index (χ2n) is 6.28. The molecule has 1 atom stereocenters. The summed E-state index contributed by atoms with van der Waals surface area (Å²) in [5.74, 6) is 0.200. The van der Waals surface area contributed by atoms with Gasteiger partial charge in [0.1, 0.15) is 0 Å². The van der Waals surface area contributed by atoms with Crippen LogP contribution in [0.3, 0.4) is 0 Å². The molecule has 2 heterocycles. The van der Waals surface area contributed by atoms with Crippen molar-refractivity contribution in [3.8, 4) is 0 Å². The van der Waals surface area contributed by atoms with Crippen molar-refractivity contribution < 1.29 is 4.79 Å². The molecule has 1 aromatic heterocycles. The van der Waals surface area contributed by atoms with Crippen LogP contribution in [0.2, 0.25) is 0 Å². The maximum Gasteiger partial charge on any atom is 0.240 e. The number of rotatable bonds is 6. The van der Waals surface area contributed by atoms with Crippen molar-refractivity contribution in [3.63, 3.8) is 0 Å². The number of unbranched alkanes of at least 4 members (excludes halogenated alkanes) is 1. The number of piperidine rings is 1. The Morgan fingerprint density at radius 3 is 2.95 bits per heavy atom. The summed E-state index contributed by atoms with van der Waals surface area (Å²) in [5, 5.41) is 5.26. The lowest BCUT2D eigenvalue weighted by atomic mass is 9.87. The van der Waals surface area contributed by atoms with Gasteiger partial charge in [0.2, 0.25) is 5.91 Å². The Morgan fingerprint density at radius 1 is 1.48 bits per heavy atom. The minimum atomic E-state index is -0.321. The van der Waals surface area contributed by atoms with E-state index in [4.69, 9.17) is 0 Å². The molecule has 0 aromatic carbocycles. The van der Waals surface area contributed by atoms with Gasteiger partial charge < -0.3 is 5.32 Å². The number of nitrogens with zero attached hydrogens (tertiary/aromatic N) is 1. The Bertz CT molecular complexity index is 471. The highest BCUT2D eigenvalue weighted by atomic mass is 32.1. The Hall–Kier alpha value is -0.870. The van der Waals surface area contributed by atoms with Crippen LogP contribution in [0, 0.1) is 6.92 Å². The molecule has 1 unspecified atom stereocenters. The Kier molecular flexibility index (Phi) is 5.82. The van der Waals surface area contributed by atoms with E-state index in [-0.39, 0.29) is 11.4 Å². The molecule has 1 aliphatic heterocycles. The lowest BCUT2D eigenvalue weighted by Crippen LogP contribution is -2.59. The monoisotopic (exact) mass is 308 g/mol. The fraction of sp³-hybridized carbons (Fsp3) is 0.706. The molecular weight excluding hydrogens is 280 g/mol. The van der Waals surface area contributed by atoms with E-state index in [9.17, 15) is 4.79 Å². The zero-order valence-electron chi connectivity index (χ0n) is 13.6. The van der Waals surface area contributed by atoms with Crippen molar-refractivity contribution in [2.75, 3.05) is 13.1 Å². The van der Waals surface area contributed by atoms with Gasteiger partial charge in [0, 0.05) is 4.88 Å². The molecule has 4 heteroatoms. The molecule has 0 spiro atoms. The molecular formula is C17H28N2OS. The van der Waals surface area contributed by atoms with Gasteiger partial charge in [-0.2, -0.15) is 0 Å². The van der Waals surface area contributed by atoms with Gasteiger partial charge in [-0.25, -0.2) is 0 Å². The predicted molar refractivity (Wildman–Crippen MR) is 89.6 cm³/mol. The summed E-state index contributed by atoms with van der Waals surface area (Å²) in [6.07, 6.45) is 5.71. The minimum Gasteiger partial charge on any atom is -0.350 e. The number of thiophene rings is 1. The van der Waals surface area contributed by atoms with Crippen molar-refractivity contribution in [1.29, 1.82) is 0 Å². The number of hydrogen-bond donors (Lipinski definition) is 1. The molecule has 1 N–H and O–H groups in total. The predicted octanol–water partition coefficient (Wildman–Crippen LogP) is 3.72. The topological polar surface area (TPSA) is 32.3 Å². The van der Waals surface area contributed by atoms with Crippen LogP contribution in [0.4, 0.5) is 0 Å². The van der Waals surface area contributed by atoms with Crippen LogP contribution < -0.4 is 5.32 Å². The van der Waals surface area contributed by atoms with Crippen LogP contribution in [0.1, 0.15) is 56.4 Å². The van der Waals surface area contributed by atoms with E-state index in [1.54, 1.807) is 11.3 Å². The molecule has 1 saturated heterocycles. The number of carbonyl (C=O) groups excluding carboxylic acids is 1. The van der Waals surface area contributed by atoms with Gasteiger partial charge in [-0.1, -0.05) is 13.3 Å². The second-order valence-corrected chi connectivity index (χ2v) is 7.28. The highest BCUT2D eigenvalue weighted by Gasteiger charge is 2.40. The highest BCUT2D eigenvalue weighted by molar-refractivity contribution is 7.10. The van der Waals surface area contributed by atoms with Crippen LogP contribution in [0.15, 0.2) is 11.4 Å². The highest BCUT2D eigenvalue weighted by Crippen LogP contribution is 2.29. The number of aryl methyl sites for hydroxylation is 1. The molecule has 1 aromatic rings. The molecule has 1 fully saturated rings. The summed E-state index contributed by atoms with van der Waals surface area (Å²) in [6, 6.07) is 2.11. The van der Waals surface area contributed by atoms with E-state index >= 15 is 0 Å². The molecule has 21 heavy (non-hydrogen) atoms. The summed E-state index contributed by atoms with van der Waals surface area (Å²) < 4.78 is 0. The Labute approximate surface area is 132 Å².